The van der Waals surface area contributed by atoms with Gasteiger partial charge in [-0.2, -0.15) is 0 Å². The summed E-state index contributed by atoms with van der Waals surface area (Å²) in [5, 5.41) is 3.40. The van der Waals surface area contributed by atoms with Crippen molar-refractivity contribution in [1.82, 2.24) is 10.2 Å². The fourth-order valence-electron chi connectivity index (χ4n) is 0.884. The quantitative estimate of drug-likeness (QED) is 0.643. The van der Waals surface area contributed by atoms with Crippen LogP contribution in [-0.4, -0.2) is 37.1 Å². The molecular weight excluding hydrogens is 244 g/mol. The first-order valence-corrected chi connectivity index (χ1v) is 8.82. The molecule has 20 heavy (non-hydrogen) atoms. The van der Waals surface area contributed by atoms with Crippen LogP contribution in [0, 0.1) is 0 Å². The summed E-state index contributed by atoms with van der Waals surface area (Å²) in [6, 6.07) is 0. The minimum Gasteiger partial charge on any atom is -0.315 e. The van der Waals surface area contributed by atoms with E-state index in [0.29, 0.717) is 5.54 Å². The Kier molecular flexibility index (Phi) is 33.7. The molecule has 0 unspecified atom stereocenters. The van der Waals surface area contributed by atoms with Crippen LogP contribution in [0.25, 0.3) is 0 Å². The lowest BCUT2D eigenvalue weighted by molar-refractivity contribution is 0.177. The van der Waals surface area contributed by atoms with Gasteiger partial charge < -0.3 is 10.2 Å². The van der Waals surface area contributed by atoms with E-state index in [1.165, 1.54) is 19.3 Å². The average molecular weight is 291 g/mol. The molecule has 0 spiro atoms. The maximum atomic E-state index is 3.40. The van der Waals surface area contributed by atoms with E-state index in [-0.39, 0.29) is 0 Å². The van der Waals surface area contributed by atoms with Gasteiger partial charge in [0.05, 0.1) is 0 Å². The third-order valence-corrected chi connectivity index (χ3v) is 2.70. The van der Waals surface area contributed by atoms with E-state index in [1.54, 1.807) is 0 Å². The van der Waals surface area contributed by atoms with E-state index >= 15 is 0 Å². The van der Waals surface area contributed by atoms with Crippen molar-refractivity contribution >= 4 is 0 Å². The van der Waals surface area contributed by atoms with Crippen molar-refractivity contribution < 1.29 is 0 Å². The monoisotopic (exact) mass is 290 g/mol. The maximum Gasteiger partial charge on any atom is 0.0122 e. The van der Waals surface area contributed by atoms with Crippen LogP contribution in [0.2, 0.25) is 0 Å². The second-order valence-electron chi connectivity index (χ2n) is 5.34. The Morgan fingerprint density at radius 1 is 0.750 bits per heavy atom. The zero-order chi connectivity index (χ0) is 17.0. The number of nitrogens with zero attached hydrogens (tertiary/aromatic N) is 1. The van der Waals surface area contributed by atoms with Gasteiger partial charge in [0.15, 0.2) is 0 Å². The molecule has 0 atom stereocenters. The molecule has 0 aromatic carbocycles. The molecule has 2 nitrogen and oxygen atoms in total. The van der Waals surface area contributed by atoms with E-state index in [9.17, 15) is 0 Å². The highest BCUT2D eigenvalue weighted by Crippen LogP contribution is 2.08. The fraction of sp³-hybridized carbons (Fsp3) is 1.00. The Labute approximate surface area is 131 Å². The Bertz CT molecular complexity index is 126. The third-order valence-electron chi connectivity index (χ3n) is 2.70. The van der Waals surface area contributed by atoms with Crippen LogP contribution in [0.1, 0.15) is 88.5 Å². The topological polar surface area (TPSA) is 15.3 Å². The first-order valence-electron chi connectivity index (χ1n) is 8.82. The van der Waals surface area contributed by atoms with E-state index in [2.05, 4.69) is 58.8 Å². The van der Waals surface area contributed by atoms with Gasteiger partial charge in [0.1, 0.15) is 0 Å². The summed E-state index contributed by atoms with van der Waals surface area (Å²) >= 11 is 0. The van der Waals surface area contributed by atoms with E-state index < -0.39 is 0 Å². The minimum absolute atomic E-state index is 0.299. The highest BCUT2D eigenvalue weighted by molar-refractivity contribution is 4.72. The van der Waals surface area contributed by atoms with Gasteiger partial charge in [-0.15, -0.1) is 0 Å². The zero-order valence-electron chi connectivity index (χ0n) is 16.7. The Morgan fingerprint density at radius 3 is 1.40 bits per heavy atom. The Morgan fingerprint density at radius 2 is 1.15 bits per heavy atom. The van der Waals surface area contributed by atoms with Gasteiger partial charge in [-0.25, -0.2) is 0 Å². The summed E-state index contributed by atoms with van der Waals surface area (Å²) in [5.41, 5.74) is 0.299. The van der Waals surface area contributed by atoms with Crippen LogP contribution < -0.4 is 5.32 Å². The summed E-state index contributed by atoms with van der Waals surface area (Å²) < 4.78 is 0. The first-order chi connectivity index (χ1) is 9.40. The molecule has 0 aliphatic carbocycles. The van der Waals surface area contributed by atoms with Crippen LogP contribution >= 0.6 is 0 Å². The number of likely N-dealkylation sites (N-methyl/N-ethyl adjacent to an activating group) is 1. The molecule has 0 heterocycles. The van der Waals surface area contributed by atoms with Gasteiger partial charge >= 0.3 is 0 Å². The van der Waals surface area contributed by atoms with Crippen LogP contribution in [-0.2, 0) is 0 Å². The van der Waals surface area contributed by atoms with Crippen LogP contribution in [0.5, 0.6) is 0 Å². The van der Waals surface area contributed by atoms with Crippen LogP contribution in [0.15, 0.2) is 0 Å². The molecule has 0 bridgehead atoms. The van der Waals surface area contributed by atoms with Crippen molar-refractivity contribution in [2.75, 3.05) is 26.7 Å². The molecular formula is C18H46N2. The summed E-state index contributed by atoms with van der Waals surface area (Å²) in [4.78, 5) is 2.37. The Hall–Kier alpha value is -0.0800. The predicted octanol–water partition coefficient (Wildman–Crippen LogP) is 5.58. The van der Waals surface area contributed by atoms with E-state index in [1.807, 2.05) is 27.7 Å². The third kappa shape index (κ3) is 30.7. The molecule has 0 fully saturated rings. The van der Waals surface area contributed by atoms with Crippen LogP contribution in [0.3, 0.4) is 0 Å². The molecule has 0 aromatic rings. The van der Waals surface area contributed by atoms with Crippen LogP contribution in [0.4, 0.5) is 0 Å². The number of nitrogens with one attached hydrogen (secondary N) is 1. The molecule has 2 heteroatoms. The molecule has 0 aliphatic rings. The standard InChI is InChI=1S/C10H24N2.C4H10.2C2H6/c1-6-7-11-8-9-12(5)10(2,3)4;1-3-4-2;2*1-2/h11H,6-9H2,1-5H3;3-4H2,1-2H3;2*1-2H3. The number of unbranched alkanes of at least 4 members (excludes halogenated alkanes) is 1. The lowest BCUT2D eigenvalue weighted by atomic mass is 10.1. The molecule has 0 aromatic heterocycles. The van der Waals surface area contributed by atoms with E-state index in [0.717, 1.165) is 19.6 Å². The number of hydrogen-bond donors (Lipinski definition) is 1. The molecule has 0 radical (unpaired) electrons. The summed E-state index contributed by atoms with van der Waals surface area (Å²) in [6.45, 7) is 24.6. The normalized spacial score (nSPS) is 9.60. The van der Waals surface area contributed by atoms with Gasteiger partial charge in [-0.1, -0.05) is 61.3 Å². The average Bonchev–Trinajstić information content (AvgIpc) is 2.47. The lowest BCUT2D eigenvalue weighted by Crippen LogP contribution is -2.42. The second kappa shape index (κ2) is 24.0. The summed E-state index contributed by atoms with van der Waals surface area (Å²) in [5.74, 6) is 0. The predicted molar refractivity (Wildman–Crippen MR) is 98.8 cm³/mol. The summed E-state index contributed by atoms with van der Waals surface area (Å²) in [6.07, 6.45) is 3.86. The van der Waals surface area contributed by atoms with Crippen molar-refractivity contribution in [2.24, 2.45) is 0 Å². The highest BCUT2D eigenvalue weighted by atomic mass is 15.2. The van der Waals surface area contributed by atoms with Gasteiger partial charge in [-0.05, 0) is 40.8 Å². The van der Waals surface area contributed by atoms with Crippen molar-refractivity contribution in [2.45, 2.75) is 94.0 Å². The van der Waals surface area contributed by atoms with Crippen molar-refractivity contribution in [3.63, 3.8) is 0 Å². The lowest BCUT2D eigenvalue weighted by Gasteiger charge is -2.31. The Balaban J connectivity index is -0.000000134. The molecule has 0 saturated carbocycles. The smallest absolute Gasteiger partial charge is 0.0122 e. The van der Waals surface area contributed by atoms with Gasteiger partial charge in [0.25, 0.3) is 0 Å². The molecule has 0 aliphatic heterocycles. The fourth-order valence-corrected chi connectivity index (χ4v) is 0.884. The van der Waals surface area contributed by atoms with Crippen molar-refractivity contribution in [3.05, 3.63) is 0 Å². The zero-order valence-corrected chi connectivity index (χ0v) is 16.7. The largest absolute Gasteiger partial charge is 0.315 e. The van der Waals surface area contributed by atoms with Crippen molar-refractivity contribution in [3.8, 4) is 0 Å². The molecule has 1 N–H and O–H groups in total. The second-order valence-corrected chi connectivity index (χ2v) is 5.34. The van der Waals surface area contributed by atoms with Gasteiger partial charge in [0.2, 0.25) is 0 Å². The highest BCUT2D eigenvalue weighted by Gasteiger charge is 2.15. The maximum absolute atomic E-state index is 3.40. The molecule has 128 valence electrons. The molecule has 0 amide bonds. The molecule has 0 saturated heterocycles. The molecule has 0 rings (SSSR count). The first kappa shape index (κ1) is 28.1. The van der Waals surface area contributed by atoms with Gasteiger partial charge in [0, 0.05) is 18.6 Å². The number of rotatable bonds is 6. The SMILES string of the molecule is CC.CC.CCCC.CCCNCCN(C)C(C)(C)C. The van der Waals surface area contributed by atoms with Gasteiger partial charge in [-0.3, -0.25) is 0 Å². The minimum atomic E-state index is 0.299. The number of hydrogen-bond acceptors (Lipinski definition) is 2. The van der Waals surface area contributed by atoms with E-state index in [4.69, 9.17) is 0 Å². The summed E-state index contributed by atoms with van der Waals surface area (Å²) in [7, 11) is 2.17. The van der Waals surface area contributed by atoms with Crippen molar-refractivity contribution in [1.29, 1.82) is 0 Å².